The molecule has 1 atom stereocenters. The number of aromatic amines is 1. The highest BCUT2D eigenvalue weighted by atomic mass is 79.9. The molecule has 2 heterocycles. The van der Waals surface area contributed by atoms with Crippen molar-refractivity contribution in [2.75, 3.05) is 0 Å². The zero-order valence-electron chi connectivity index (χ0n) is 13.1. The third kappa shape index (κ3) is 2.61. The number of rotatable bonds is 2. The van der Waals surface area contributed by atoms with Gasteiger partial charge in [-0.3, -0.25) is 5.10 Å². The van der Waals surface area contributed by atoms with Crippen LogP contribution in [0.4, 0.5) is 0 Å². The van der Waals surface area contributed by atoms with Gasteiger partial charge in [0, 0.05) is 21.6 Å². The molecule has 0 spiro atoms. The van der Waals surface area contributed by atoms with Crippen molar-refractivity contribution < 1.29 is 4.52 Å². The van der Waals surface area contributed by atoms with Gasteiger partial charge in [-0.2, -0.15) is 10.1 Å². The third-order valence-corrected chi connectivity index (χ3v) is 5.75. The van der Waals surface area contributed by atoms with E-state index in [9.17, 15) is 0 Å². The Balaban J connectivity index is 1.63. The average Bonchev–Trinajstić information content (AvgIpc) is 3.20. The van der Waals surface area contributed by atoms with Crippen LogP contribution in [0, 0.1) is 13.8 Å². The van der Waals surface area contributed by atoms with Gasteiger partial charge in [0.15, 0.2) is 0 Å². The van der Waals surface area contributed by atoms with Crippen LogP contribution in [-0.2, 0) is 12.8 Å². The third-order valence-electron chi connectivity index (χ3n) is 4.50. The van der Waals surface area contributed by atoms with E-state index in [0.29, 0.717) is 5.82 Å². The van der Waals surface area contributed by atoms with Crippen LogP contribution in [0.25, 0.3) is 11.4 Å². The van der Waals surface area contributed by atoms with Crippen molar-refractivity contribution in [1.82, 2.24) is 20.3 Å². The first kappa shape index (κ1) is 14.6. The van der Waals surface area contributed by atoms with Crippen LogP contribution in [0.15, 0.2) is 27.3 Å². The molecule has 118 valence electrons. The number of H-pyrrole nitrogens is 1. The van der Waals surface area contributed by atoms with E-state index in [1.807, 2.05) is 6.20 Å². The Labute approximate surface area is 142 Å². The minimum Gasteiger partial charge on any atom is -0.339 e. The van der Waals surface area contributed by atoms with Crippen molar-refractivity contribution in [3.05, 3.63) is 51.1 Å². The predicted molar refractivity (Wildman–Crippen MR) is 90.3 cm³/mol. The fourth-order valence-electron chi connectivity index (χ4n) is 3.22. The van der Waals surface area contributed by atoms with Crippen LogP contribution in [0.1, 0.15) is 40.6 Å². The molecule has 0 fully saturated rings. The first-order valence-electron chi connectivity index (χ1n) is 7.73. The van der Waals surface area contributed by atoms with Gasteiger partial charge in [0.1, 0.15) is 0 Å². The van der Waals surface area contributed by atoms with Crippen LogP contribution in [0.2, 0.25) is 0 Å². The number of nitrogens with zero attached hydrogens (tertiary/aromatic N) is 3. The smallest absolute Gasteiger partial charge is 0.230 e. The molecular weight excluding hydrogens is 356 g/mol. The molecule has 0 aliphatic heterocycles. The first-order chi connectivity index (χ1) is 11.1. The monoisotopic (exact) mass is 372 g/mol. The van der Waals surface area contributed by atoms with E-state index in [1.165, 1.54) is 22.4 Å². The van der Waals surface area contributed by atoms with Crippen molar-refractivity contribution in [3.8, 4) is 11.4 Å². The fourth-order valence-corrected chi connectivity index (χ4v) is 3.45. The van der Waals surface area contributed by atoms with E-state index >= 15 is 0 Å². The van der Waals surface area contributed by atoms with Gasteiger partial charge in [-0.25, -0.2) is 0 Å². The summed E-state index contributed by atoms with van der Waals surface area (Å²) in [5.74, 6) is 1.67. The molecule has 0 saturated carbocycles. The van der Waals surface area contributed by atoms with E-state index in [-0.39, 0.29) is 5.92 Å². The maximum absolute atomic E-state index is 5.56. The van der Waals surface area contributed by atoms with Crippen molar-refractivity contribution in [3.63, 3.8) is 0 Å². The largest absolute Gasteiger partial charge is 0.339 e. The Hall–Kier alpha value is -1.95. The number of halogens is 1. The molecule has 2 aromatic heterocycles. The zero-order valence-corrected chi connectivity index (χ0v) is 14.6. The van der Waals surface area contributed by atoms with Gasteiger partial charge in [0.2, 0.25) is 11.7 Å². The van der Waals surface area contributed by atoms with E-state index in [4.69, 9.17) is 4.52 Å². The van der Waals surface area contributed by atoms with Crippen LogP contribution in [0.5, 0.6) is 0 Å². The standard InChI is InChI=1S/C17H17BrN4O/c1-9-5-12(6-10(2)15(9)18)16-20-17(23-22-16)11-3-4-14-13(7-11)8-19-21-14/h5-6,8,11H,3-4,7H2,1-2H3,(H,19,21). The number of aromatic nitrogens is 4. The number of aryl methyl sites for hydroxylation is 3. The van der Waals surface area contributed by atoms with Gasteiger partial charge in [0.05, 0.1) is 6.20 Å². The van der Waals surface area contributed by atoms with Crippen molar-refractivity contribution in [2.45, 2.75) is 39.0 Å². The summed E-state index contributed by atoms with van der Waals surface area (Å²) in [6.07, 6.45) is 4.80. The Morgan fingerprint density at radius 2 is 2.04 bits per heavy atom. The summed E-state index contributed by atoms with van der Waals surface area (Å²) in [6, 6.07) is 4.17. The minimum absolute atomic E-state index is 0.277. The Bertz CT molecular complexity index is 844. The number of nitrogens with one attached hydrogen (secondary N) is 1. The molecule has 0 saturated heterocycles. The normalized spacial score (nSPS) is 17.3. The van der Waals surface area contributed by atoms with Gasteiger partial charge in [-0.1, -0.05) is 21.1 Å². The van der Waals surface area contributed by atoms with Crippen molar-refractivity contribution in [1.29, 1.82) is 0 Å². The van der Waals surface area contributed by atoms with Crippen LogP contribution < -0.4 is 0 Å². The van der Waals surface area contributed by atoms with Gasteiger partial charge in [-0.05, 0) is 61.9 Å². The van der Waals surface area contributed by atoms with E-state index in [2.05, 4.69) is 62.2 Å². The second-order valence-electron chi connectivity index (χ2n) is 6.19. The Morgan fingerprint density at radius 3 is 2.83 bits per heavy atom. The molecule has 1 aliphatic carbocycles. The fraction of sp³-hybridized carbons (Fsp3) is 0.353. The average molecular weight is 373 g/mol. The molecule has 5 nitrogen and oxygen atoms in total. The van der Waals surface area contributed by atoms with Crippen LogP contribution in [0.3, 0.4) is 0 Å². The van der Waals surface area contributed by atoms with E-state index in [0.717, 1.165) is 35.2 Å². The second-order valence-corrected chi connectivity index (χ2v) is 6.99. The highest BCUT2D eigenvalue weighted by Gasteiger charge is 2.26. The van der Waals surface area contributed by atoms with Crippen LogP contribution in [-0.4, -0.2) is 20.3 Å². The quantitative estimate of drug-likeness (QED) is 0.734. The maximum atomic E-state index is 5.56. The van der Waals surface area contributed by atoms with Crippen molar-refractivity contribution >= 4 is 15.9 Å². The lowest BCUT2D eigenvalue weighted by Gasteiger charge is -2.17. The lowest BCUT2D eigenvalue weighted by molar-refractivity contribution is 0.340. The molecule has 6 heteroatoms. The Kier molecular flexibility index (Phi) is 3.56. The molecule has 23 heavy (non-hydrogen) atoms. The highest BCUT2D eigenvalue weighted by molar-refractivity contribution is 9.10. The number of hydrogen-bond acceptors (Lipinski definition) is 4. The molecule has 1 aromatic carbocycles. The van der Waals surface area contributed by atoms with Gasteiger partial charge < -0.3 is 4.52 Å². The first-order valence-corrected chi connectivity index (χ1v) is 8.53. The molecule has 1 N–H and O–H groups in total. The maximum Gasteiger partial charge on any atom is 0.230 e. The molecule has 1 unspecified atom stereocenters. The summed E-state index contributed by atoms with van der Waals surface area (Å²) < 4.78 is 6.69. The summed E-state index contributed by atoms with van der Waals surface area (Å²) in [5, 5.41) is 11.4. The SMILES string of the molecule is Cc1cc(-c2noc(C3CCc4[nH]ncc4C3)n2)cc(C)c1Br. The topological polar surface area (TPSA) is 67.6 Å². The molecule has 1 aliphatic rings. The van der Waals surface area contributed by atoms with Gasteiger partial charge in [0.25, 0.3) is 0 Å². The van der Waals surface area contributed by atoms with Crippen LogP contribution >= 0.6 is 15.9 Å². The van der Waals surface area contributed by atoms with Crippen molar-refractivity contribution in [2.24, 2.45) is 0 Å². The molecule has 0 bridgehead atoms. The van der Waals surface area contributed by atoms with Gasteiger partial charge >= 0.3 is 0 Å². The molecule has 4 rings (SSSR count). The number of fused-ring (bicyclic) bond motifs is 1. The Morgan fingerprint density at radius 1 is 1.26 bits per heavy atom. The molecule has 3 aromatic rings. The molecule has 0 radical (unpaired) electrons. The summed E-state index contributed by atoms with van der Waals surface area (Å²) in [6.45, 7) is 4.15. The minimum atomic E-state index is 0.277. The predicted octanol–water partition coefficient (Wildman–Crippen LogP) is 4.11. The molecule has 0 amide bonds. The lowest BCUT2D eigenvalue weighted by Crippen LogP contribution is -2.12. The van der Waals surface area contributed by atoms with E-state index in [1.54, 1.807) is 0 Å². The number of hydrogen-bond donors (Lipinski definition) is 1. The van der Waals surface area contributed by atoms with E-state index < -0.39 is 0 Å². The zero-order chi connectivity index (χ0) is 16.0. The number of benzene rings is 1. The highest BCUT2D eigenvalue weighted by Crippen LogP contribution is 2.32. The molecular formula is C17H17BrN4O. The van der Waals surface area contributed by atoms with Gasteiger partial charge in [-0.15, -0.1) is 0 Å². The summed E-state index contributed by atoms with van der Waals surface area (Å²) in [7, 11) is 0. The lowest BCUT2D eigenvalue weighted by atomic mass is 9.88. The second kappa shape index (κ2) is 5.60. The summed E-state index contributed by atoms with van der Waals surface area (Å²) in [4.78, 5) is 4.65. The summed E-state index contributed by atoms with van der Waals surface area (Å²) in [5.41, 5.74) is 5.84. The summed E-state index contributed by atoms with van der Waals surface area (Å²) >= 11 is 3.59.